The van der Waals surface area contributed by atoms with E-state index in [9.17, 15) is 9.59 Å². The minimum atomic E-state index is -0.750. The van der Waals surface area contributed by atoms with Gasteiger partial charge in [0.15, 0.2) is 0 Å². The van der Waals surface area contributed by atoms with E-state index in [4.69, 9.17) is 0 Å². The van der Waals surface area contributed by atoms with Crippen LogP contribution in [0.25, 0.3) is 0 Å². The molecule has 110 valence electrons. The Bertz CT molecular complexity index is 462. The Morgan fingerprint density at radius 3 is 2.40 bits per heavy atom. The molecule has 0 aliphatic rings. The molecule has 1 aromatic carbocycles. The van der Waals surface area contributed by atoms with E-state index in [0.29, 0.717) is 0 Å². The summed E-state index contributed by atoms with van der Waals surface area (Å²) in [6.07, 6.45) is 0.0811. The molecule has 0 aliphatic heterocycles. The van der Waals surface area contributed by atoms with E-state index in [0.717, 1.165) is 16.5 Å². The fourth-order valence-electron chi connectivity index (χ4n) is 1.78. The molecule has 1 rings (SSSR count). The summed E-state index contributed by atoms with van der Waals surface area (Å²) in [6, 6.07) is 7.45. The fourth-order valence-corrected chi connectivity index (χ4v) is 2.05. The molecule has 5 nitrogen and oxygen atoms in total. The summed E-state index contributed by atoms with van der Waals surface area (Å²) in [5, 5.41) is 5.35. The van der Waals surface area contributed by atoms with Crippen LogP contribution in [0.3, 0.4) is 0 Å². The third-order valence-electron chi connectivity index (χ3n) is 2.94. The van der Waals surface area contributed by atoms with Crippen LogP contribution in [0.4, 0.5) is 4.79 Å². The highest BCUT2D eigenvalue weighted by Crippen LogP contribution is 2.19. The van der Waals surface area contributed by atoms with Gasteiger partial charge in [0.1, 0.15) is 0 Å². The molecule has 2 amide bonds. The van der Waals surface area contributed by atoms with Crippen LogP contribution >= 0.6 is 15.9 Å². The van der Waals surface area contributed by atoms with Gasteiger partial charge in [0.2, 0.25) is 5.91 Å². The van der Waals surface area contributed by atoms with Gasteiger partial charge in [0, 0.05) is 10.5 Å². The third-order valence-corrected chi connectivity index (χ3v) is 3.46. The molecule has 0 unspecified atom stereocenters. The molecule has 2 N–H and O–H groups in total. The van der Waals surface area contributed by atoms with Crippen LogP contribution < -0.4 is 10.6 Å². The number of benzene rings is 1. The van der Waals surface area contributed by atoms with Crippen molar-refractivity contribution >= 4 is 27.9 Å². The van der Waals surface area contributed by atoms with E-state index >= 15 is 0 Å². The number of alkyl carbamates (subject to hydrolysis) is 1. The van der Waals surface area contributed by atoms with E-state index in [-0.39, 0.29) is 6.04 Å². The molecule has 0 radical (unpaired) electrons. The van der Waals surface area contributed by atoms with Gasteiger partial charge in [-0.25, -0.2) is 4.79 Å². The molecule has 0 spiro atoms. The minimum absolute atomic E-state index is 0.0431. The molecule has 6 heteroatoms. The third kappa shape index (κ3) is 4.94. The van der Waals surface area contributed by atoms with Crippen molar-refractivity contribution in [2.24, 2.45) is 0 Å². The molecule has 0 aromatic heterocycles. The van der Waals surface area contributed by atoms with Crippen LogP contribution in [0.15, 0.2) is 28.7 Å². The molecule has 1 aromatic rings. The second-order valence-electron chi connectivity index (χ2n) is 4.38. The van der Waals surface area contributed by atoms with Gasteiger partial charge in [-0.1, -0.05) is 35.0 Å². The lowest BCUT2D eigenvalue weighted by Crippen LogP contribution is -2.45. The Hall–Kier alpha value is -1.40. The first kappa shape index (κ1) is 16.7. The standard InChI is InChI=1S/C14H19BrN2O3/c1-4-12(10-5-7-11(15)8-6-10)16-9(2)13(18)17-14(19)20-3/h5-9,12,16H,4H2,1-3H3,(H,17,18,19)/t9-,12+/m0/s1. The van der Waals surface area contributed by atoms with Gasteiger partial charge in [0.25, 0.3) is 0 Å². The number of methoxy groups -OCH3 is 1. The van der Waals surface area contributed by atoms with E-state index in [1.165, 1.54) is 7.11 Å². The molecule has 0 heterocycles. The maximum absolute atomic E-state index is 11.8. The summed E-state index contributed by atoms with van der Waals surface area (Å²) in [4.78, 5) is 22.8. The van der Waals surface area contributed by atoms with E-state index in [2.05, 4.69) is 31.3 Å². The monoisotopic (exact) mass is 342 g/mol. The molecule has 0 fully saturated rings. The highest BCUT2D eigenvalue weighted by Gasteiger charge is 2.19. The highest BCUT2D eigenvalue weighted by molar-refractivity contribution is 9.10. The molecule has 2 atom stereocenters. The lowest BCUT2D eigenvalue weighted by Gasteiger charge is -2.22. The van der Waals surface area contributed by atoms with Crippen LogP contribution in [0, 0.1) is 0 Å². The zero-order valence-corrected chi connectivity index (χ0v) is 13.4. The van der Waals surface area contributed by atoms with Crippen molar-refractivity contribution < 1.29 is 14.3 Å². The van der Waals surface area contributed by atoms with Gasteiger partial charge in [0.05, 0.1) is 13.2 Å². The van der Waals surface area contributed by atoms with E-state index in [1.807, 2.05) is 31.2 Å². The first-order valence-corrected chi connectivity index (χ1v) is 7.17. The van der Waals surface area contributed by atoms with Crippen molar-refractivity contribution in [3.63, 3.8) is 0 Å². The zero-order valence-electron chi connectivity index (χ0n) is 11.8. The van der Waals surface area contributed by atoms with Crippen LogP contribution in [0.1, 0.15) is 31.9 Å². The van der Waals surface area contributed by atoms with Crippen LogP contribution in [-0.4, -0.2) is 25.2 Å². The van der Waals surface area contributed by atoms with E-state index in [1.54, 1.807) is 6.92 Å². The van der Waals surface area contributed by atoms with Gasteiger partial charge in [-0.3, -0.25) is 15.4 Å². The topological polar surface area (TPSA) is 67.4 Å². The van der Waals surface area contributed by atoms with Crippen molar-refractivity contribution in [2.75, 3.05) is 7.11 Å². The number of ether oxygens (including phenoxy) is 1. The number of carbonyl (C=O) groups is 2. The normalized spacial score (nSPS) is 13.4. The Balaban J connectivity index is 2.66. The lowest BCUT2D eigenvalue weighted by atomic mass is 10.0. The van der Waals surface area contributed by atoms with Gasteiger partial charge in [-0.2, -0.15) is 0 Å². The van der Waals surface area contributed by atoms with E-state index < -0.39 is 18.0 Å². The van der Waals surface area contributed by atoms with Gasteiger partial charge >= 0.3 is 6.09 Å². The number of nitrogens with one attached hydrogen (secondary N) is 2. The number of amides is 2. The quantitative estimate of drug-likeness (QED) is 0.863. The number of hydrogen-bond donors (Lipinski definition) is 2. The average molecular weight is 343 g/mol. The largest absolute Gasteiger partial charge is 0.453 e. The molecule has 0 saturated carbocycles. The van der Waals surface area contributed by atoms with Crippen molar-refractivity contribution in [1.82, 2.24) is 10.6 Å². The first-order chi connectivity index (χ1) is 9.47. The summed E-state index contributed by atoms with van der Waals surface area (Å²) in [6.45, 7) is 3.74. The van der Waals surface area contributed by atoms with Crippen molar-refractivity contribution in [3.05, 3.63) is 34.3 Å². The summed E-state index contributed by atoms with van der Waals surface area (Å²) < 4.78 is 5.40. The Labute approximate surface area is 127 Å². The Morgan fingerprint density at radius 1 is 1.30 bits per heavy atom. The minimum Gasteiger partial charge on any atom is -0.453 e. The number of halogens is 1. The zero-order chi connectivity index (χ0) is 15.1. The van der Waals surface area contributed by atoms with Crippen LogP contribution in [0.5, 0.6) is 0 Å². The summed E-state index contributed by atoms with van der Waals surface area (Å²) in [7, 11) is 1.22. The highest BCUT2D eigenvalue weighted by atomic mass is 79.9. The Morgan fingerprint density at radius 2 is 1.90 bits per heavy atom. The fraction of sp³-hybridized carbons (Fsp3) is 0.429. The molecule has 20 heavy (non-hydrogen) atoms. The SMILES string of the molecule is CC[C@@H](N[C@@H](C)C(=O)NC(=O)OC)c1ccc(Br)cc1. The van der Waals surface area contributed by atoms with Crippen molar-refractivity contribution in [3.8, 4) is 0 Å². The van der Waals surface area contributed by atoms with Gasteiger partial charge < -0.3 is 4.74 Å². The van der Waals surface area contributed by atoms with Crippen LogP contribution in [0.2, 0.25) is 0 Å². The predicted molar refractivity (Wildman–Crippen MR) is 80.3 cm³/mol. The average Bonchev–Trinajstić information content (AvgIpc) is 2.45. The number of carbonyl (C=O) groups excluding carboxylic acids is 2. The second-order valence-corrected chi connectivity index (χ2v) is 5.30. The summed E-state index contributed by atoms with van der Waals surface area (Å²) in [5.41, 5.74) is 1.09. The maximum Gasteiger partial charge on any atom is 0.413 e. The predicted octanol–water partition coefficient (Wildman–Crippen LogP) is 2.76. The van der Waals surface area contributed by atoms with Gasteiger partial charge in [-0.05, 0) is 31.0 Å². The van der Waals surface area contributed by atoms with Crippen molar-refractivity contribution in [2.45, 2.75) is 32.4 Å². The van der Waals surface area contributed by atoms with Gasteiger partial charge in [-0.15, -0.1) is 0 Å². The summed E-state index contributed by atoms with van der Waals surface area (Å²) >= 11 is 3.39. The first-order valence-electron chi connectivity index (χ1n) is 6.38. The Kier molecular flexibility index (Phi) is 6.67. The molecular weight excluding hydrogens is 324 g/mol. The number of rotatable bonds is 5. The van der Waals surface area contributed by atoms with Crippen LogP contribution in [-0.2, 0) is 9.53 Å². The van der Waals surface area contributed by atoms with Crippen molar-refractivity contribution in [1.29, 1.82) is 0 Å². The smallest absolute Gasteiger partial charge is 0.413 e. The lowest BCUT2D eigenvalue weighted by molar-refractivity contribution is -0.122. The second kappa shape index (κ2) is 8.01. The molecular formula is C14H19BrN2O3. The molecule has 0 aliphatic carbocycles. The summed E-state index contributed by atoms with van der Waals surface area (Å²) in [5.74, 6) is -0.410. The molecule has 0 bridgehead atoms. The maximum atomic E-state index is 11.8. The molecule has 0 saturated heterocycles. The number of imide groups is 1. The number of hydrogen-bond acceptors (Lipinski definition) is 4.